The summed E-state index contributed by atoms with van der Waals surface area (Å²) in [5, 5.41) is 32.4. The van der Waals surface area contributed by atoms with Gasteiger partial charge in [-0.3, -0.25) is 15.4 Å². The van der Waals surface area contributed by atoms with Gasteiger partial charge in [-0.2, -0.15) is 0 Å². The lowest BCUT2D eigenvalue weighted by atomic mass is 10.1. The van der Waals surface area contributed by atoms with E-state index in [0.717, 1.165) is 19.1 Å². The van der Waals surface area contributed by atoms with Gasteiger partial charge in [-0.25, -0.2) is 5.09 Å². The van der Waals surface area contributed by atoms with Crippen LogP contribution < -0.4 is 15.7 Å². The first-order chi connectivity index (χ1) is 12.4. The molecule has 11 nitrogen and oxygen atoms in total. The molecule has 0 aliphatic carbocycles. The molecule has 0 aromatic carbocycles. The maximum absolute atomic E-state index is 12.6. The van der Waals surface area contributed by atoms with E-state index in [1.807, 2.05) is 0 Å². The first-order valence-electron chi connectivity index (χ1n) is 8.13. The molecule has 7 atom stereocenters. The molecule has 2 aliphatic heterocycles. The van der Waals surface area contributed by atoms with Crippen LogP contribution in [0.15, 0.2) is 0 Å². The molecule has 0 aromatic rings. The molecular formula is C13H26N5O6PS. The third kappa shape index (κ3) is 5.89. The predicted molar refractivity (Wildman–Crippen MR) is 97.7 cm³/mol. The lowest BCUT2D eigenvalue weighted by Crippen LogP contribution is -2.46. The monoisotopic (exact) mass is 411 g/mol. The molecule has 1 unspecified atom stereocenters. The number of methoxy groups -OCH3 is 1. The highest BCUT2D eigenvalue weighted by Gasteiger charge is 2.46. The van der Waals surface area contributed by atoms with Gasteiger partial charge in [0, 0.05) is 7.11 Å². The standard InChI is InChI=1S/C13H26N5O6PS/c1-21-5-9-11(12(19)13(24-9)17-7-15)18-25(20,26)22-4-8-2-3-10(23-8)16-6-14/h6-13,19H,2-5H2,1H3,(H2,14,16)(H2,15,17)(H2,18,20,26)/t8-,9+,10+,11+,12+,13+,25?/m0/s1. The fraction of sp³-hybridized carbons (Fsp3) is 0.846. The van der Waals surface area contributed by atoms with Crippen LogP contribution in [0.5, 0.6) is 0 Å². The van der Waals surface area contributed by atoms with E-state index in [2.05, 4.69) is 28.0 Å². The number of ether oxygens (including phenoxy) is 3. The molecule has 2 rings (SSSR count). The lowest BCUT2D eigenvalue weighted by Gasteiger charge is -2.25. The molecule has 6 N–H and O–H groups in total. The van der Waals surface area contributed by atoms with Gasteiger partial charge in [-0.1, -0.05) is 12.2 Å². The molecule has 0 bridgehead atoms. The molecule has 0 aromatic heterocycles. The molecule has 0 radical (unpaired) electrons. The number of aliphatic hydroxyl groups is 1. The molecule has 2 heterocycles. The van der Waals surface area contributed by atoms with Crippen molar-refractivity contribution >= 4 is 31.6 Å². The highest BCUT2D eigenvalue weighted by Crippen LogP contribution is 2.49. The van der Waals surface area contributed by atoms with Crippen molar-refractivity contribution in [1.29, 1.82) is 10.8 Å². The summed E-state index contributed by atoms with van der Waals surface area (Å²) in [6.07, 6.45) is 0.373. The van der Waals surface area contributed by atoms with Crippen LogP contribution in [-0.2, 0) is 23.3 Å². The number of hydrogen-bond donors (Lipinski definition) is 7. The molecule has 26 heavy (non-hydrogen) atoms. The zero-order valence-electron chi connectivity index (χ0n) is 14.3. The van der Waals surface area contributed by atoms with Gasteiger partial charge in [0.1, 0.15) is 18.4 Å². The Morgan fingerprint density at radius 3 is 2.65 bits per heavy atom. The number of hydrogen-bond acceptors (Lipinski definition) is 8. The molecule has 2 aliphatic rings. The van der Waals surface area contributed by atoms with Crippen molar-refractivity contribution in [2.24, 2.45) is 0 Å². The summed E-state index contributed by atoms with van der Waals surface area (Å²) in [4.78, 5) is 0. The molecule has 0 spiro atoms. The summed E-state index contributed by atoms with van der Waals surface area (Å²) in [6, 6.07) is -0.757. The van der Waals surface area contributed by atoms with Gasteiger partial charge in [0.2, 0.25) is 0 Å². The maximum atomic E-state index is 12.6. The topological polar surface area (TPSA) is 158 Å². The van der Waals surface area contributed by atoms with E-state index in [-0.39, 0.29) is 25.5 Å². The zero-order valence-corrected chi connectivity index (χ0v) is 16.1. The summed E-state index contributed by atoms with van der Waals surface area (Å²) < 4.78 is 34.3. The van der Waals surface area contributed by atoms with Gasteiger partial charge in [0.25, 0.3) is 0 Å². The first-order valence-corrected chi connectivity index (χ1v) is 10.9. The summed E-state index contributed by atoms with van der Waals surface area (Å²) in [6.45, 7) is -3.34. The number of thiol groups is 1. The largest absolute Gasteiger partial charge is 0.387 e. The SMILES string of the molecule is COC[C@H]1O[C@@H](NC=N)[C@H](O)[C@@H]1NP(=O)(S)OC[C@@H]1CC[C@H](NC=N)O1. The Morgan fingerprint density at radius 1 is 1.27 bits per heavy atom. The second-order valence-corrected chi connectivity index (χ2v) is 9.10. The minimum absolute atomic E-state index is 0.0603. The fourth-order valence-electron chi connectivity index (χ4n) is 2.90. The molecular weight excluding hydrogens is 385 g/mol. The van der Waals surface area contributed by atoms with E-state index < -0.39 is 31.2 Å². The Morgan fingerprint density at radius 2 is 2.00 bits per heavy atom. The van der Waals surface area contributed by atoms with Crippen LogP contribution >= 0.6 is 19.0 Å². The van der Waals surface area contributed by atoms with Crippen LogP contribution in [0.3, 0.4) is 0 Å². The second-order valence-electron chi connectivity index (χ2n) is 5.96. The molecule has 2 fully saturated rings. The Balaban J connectivity index is 1.88. The van der Waals surface area contributed by atoms with Crippen molar-refractivity contribution in [1.82, 2.24) is 15.7 Å². The van der Waals surface area contributed by atoms with Crippen LogP contribution in [0.1, 0.15) is 12.8 Å². The van der Waals surface area contributed by atoms with Gasteiger partial charge in [0.15, 0.2) is 6.23 Å². The van der Waals surface area contributed by atoms with Crippen LogP contribution in [0.2, 0.25) is 0 Å². The molecule has 2 saturated heterocycles. The third-order valence-corrected chi connectivity index (χ3v) is 5.92. The number of rotatable bonds is 11. The average molecular weight is 411 g/mol. The average Bonchev–Trinajstić information content (AvgIpc) is 3.14. The van der Waals surface area contributed by atoms with Gasteiger partial charge >= 0.3 is 6.72 Å². The van der Waals surface area contributed by atoms with E-state index >= 15 is 0 Å². The number of aliphatic hydroxyl groups excluding tert-OH is 1. The van der Waals surface area contributed by atoms with E-state index in [1.54, 1.807) is 0 Å². The Labute approximate surface area is 157 Å². The highest BCUT2D eigenvalue weighted by molar-refractivity contribution is 8.45. The van der Waals surface area contributed by atoms with Crippen molar-refractivity contribution in [2.45, 2.75) is 49.7 Å². The van der Waals surface area contributed by atoms with Crippen LogP contribution in [0.4, 0.5) is 0 Å². The quantitative estimate of drug-likeness (QED) is 0.104. The van der Waals surface area contributed by atoms with Crippen molar-refractivity contribution in [3.05, 3.63) is 0 Å². The van der Waals surface area contributed by atoms with Gasteiger partial charge in [0.05, 0.1) is 38.0 Å². The minimum Gasteiger partial charge on any atom is -0.387 e. The van der Waals surface area contributed by atoms with Crippen LogP contribution in [0, 0.1) is 10.8 Å². The van der Waals surface area contributed by atoms with E-state index in [4.69, 9.17) is 29.6 Å². The minimum atomic E-state index is -3.55. The Kier molecular flexibility index (Phi) is 8.30. The molecule has 0 saturated carbocycles. The molecule has 13 heteroatoms. The highest BCUT2D eigenvalue weighted by atomic mass is 32.7. The van der Waals surface area contributed by atoms with Crippen molar-refractivity contribution in [2.75, 3.05) is 20.3 Å². The van der Waals surface area contributed by atoms with Crippen molar-refractivity contribution in [3.63, 3.8) is 0 Å². The lowest BCUT2D eigenvalue weighted by molar-refractivity contribution is -0.0251. The summed E-state index contributed by atoms with van der Waals surface area (Å²) >= 11 is 4.07. The van der Waals surface area contributed by atoms with Gasteiger partial charge < -0.3 is 34.5 Å². The fourth-order valence-corrected chi connectivity index (χ4v) is 4.64. The Bertz CT molecular complexity index is 531. The zero-order chi connectivity index (χ0) is 19.2. The summed E-state index contributed by atoms with van der Waals surface area (Å²) in [5.74, 6) is 0. The molecule has 150 valence electrons. The van der Waals surface area contributed by atoms with E-state index in [1.165, 1.54) is 7.11 Å². The second kappa shape index (κ2) is 10.00. The van der Waals surface area contributed by atoms with Crippen molar-refractivity contribution in [3.8, 4) is 0 Å². The first kappa shape index (κ1) is 21.6. The maximum Gasteiger partial charge on any atom is 0.324 e. The van der Waals surface area contributed by atoms with Gasteiger partial charge in [-0.05, 0) is 12.8 Å². The normalized spacial score (nSPS) is 36.4. The summed E-state index contributed by atoms with van der Waals surface area (Å²) in [5.41, 5.74) is 0. The van der Waals surface area contributed by atoms with E-state index in [9.17, 15) is 9.67 Å². The van der Waals surface area contributed by atoms with Crippen molar-refractivity contribution < 1.29 is 28.4 Å². The molecule has 0 amide bonds. The van der Waals surface area contributed by atoms with Crippen LogP contribution in [-0.4, -0.2) is 74.9 Å². The summed E-state index contributed by atoms with van der Waals surface area (Å²) in [7, 11) is 1.48. The third-order valence-electron chi connectivity index (χ3n) is 4.10. The Hall–Kier alpha value is -0.720. The predicted octanol–water partition coefficient (Wildman–Crippen LogP) is -0.370. The smallest absolute Gasteiger partial charge is 0.324 e. The van der Waals surface area contributed by atoms with Crippen LogP contribution in [0.25, 0.3) is 0 Å². The van der Waals surface area contributed by atoms with Gasteiger partial charge in [-0.15, -0.1) is 0 Å². The number of nitrogens with one attached hydrogen (secondary N) is 5. The van der Waals surface area contributed by atoms with E-state index in [0.29, 0.717) is 6.42 Å².